The van der Waals surface area contributed by atoms with Gasteiger partial charge in [0.25, 0.3) is 0 Å². The molecule has 1 aromatic heterocycles. The van der Waals surface area contributed by atoms with Gasteiger partial charge in [-0.1, -0.05) is 47.5 Å². The number of aromatic nitrogens is 2. The Morgan fingerprint density at radius 3 is 2.59 bits per heavy atom. The fourth-order valence-electron chi connectivity index (χ4n) is 2.74. The lowest BCUT2D eigenvalue weighted by molar-refractivity contribution is 0.186. The molecule has 4 rings (SSSR count). The van der Waals surface area contributed by atoms with Crippen LogP contribution in [0.5, 0.6) is 11.5 Å². The van der Waals surface area contributed by atoms with Crippen molar-refractivity contribution in [2.75, 3.05) is 12.4 Å². The number of nitrogens with zero attached hydrogens (tertiary/aromatic N) is 1. The van der Waals surface area contributed by atoms with Crippen LogP contribution in [0.25, 0.3) is 21.8 Å². The molecule has 6 nitrogen and oxygen atoms in total. The average molecular weight is 402 g/mol. The molecule has 0 unspecified atom stereocenters. The maximum absolute atomic E-state index is 11.3. The number of rotatable bonds is 3. The highest BCUT2D eigenvalue weighted by atomic mass is 35.5. The summed E-state index contributed by atoms with van der Waals surface area (Å²) < 4.78 is 10.6. The monoisotopic (exact) mass is 401 g/mol. The molecule has 0 bridgehead atoms. The first-order chi connectivity index (χ1) is 13.0. The summed E-state index contributed by atoms with van der Waals surface area (Å²) in [5.74, 6) is 1.31. The van der Waals surface area contributed by atoms with Crippen molar-refractivity contribution in [1.29, 1.82) is 0 Å². The van der Waals surface area contributed by atoms with E-state index in [1.165, 1.54) is 7.11 Å². The summed E-state index contributed by atoms with van der Waals surface area (Å²) in [6, 6.07) is 14.6. The number of aromatic amines is 1. The van der Waals surface area contributed by atoms with E-state index in [2.05, 4.69) is 20.0 Å². The summed E-state index contributed by atoms with van der Waals surface area (Å²) in [6.45, 7) is 0. The highest BCUT2D eigenvalue weighted by Gasteiger charge is 2.13. The minimum absolute atomic E-state index is 0.252. The molecule has 1 heterocycles. The summed E-state index contributed by atoms with van der Waals surface area (Å²) in [7, 11) is 1.28. The zero-order valence-corrected chi connectivity index (χ0v) is 15.6. The third-order valence-corrected chi connectivity index (χ3v) is 4.62. The lowest BCUT2D eigenvalue weighted by atomic mass is 10.1. The molecule has 1 amide bonds. The summed E-state index contributed by atoms with van der Waals surface area (Å²) >= 11 is 12.6. The van der Waals surface area contributed by atoms with Crippen LogP contribution in [0, 0.1) is 0 Å². The van der Waals surface area contributed by atoms with Crippen molar-refractivity contribution in [3.05, 3.63) is 58.6 Å². The number of benzene rings is 3. The number of anilines is 1. The number of fused-ring (bicyclic) bond motifs is 2. The van der Waals surface area contributed by atoms with Gasteiger partial charge in [0.05, 0.1) is 23.2 Å². The van der Waals surface area contributed by atoms with Crippen LogP contribution in [0.4, 0.5) is 10.7 Å². The number of halogens is 2. The number of carbonyl (C=O) groups is 1. The van der Waals surface area contributed by atoms with E-state index in [1.54, 1.807) is 24.3 Å². The maximum Gasteiger partial charge on any atom is 0.413 e. The molecule has 2 N–H and O–H groups in total. The van der Waals surface area contributed by atoms with Crippen LogP contribution in [0.3, 0.4) is 0 Å². The lowest BCUT2D eigenvalue weighted by Gasteiger charge is -2.11. The third kappa shape index (κ3) is 3.37. The SMILES string of the molecule is COC(=O)Nc1nc2cc(Oc3ccc(Cl)c4ccccc34)c(Cl)cc2[nH]1. The Morgan fingerprint density at radius 1 is 1.04 bits per heavy atom. The van der Waals surface area contributed by atoms with Crippen LogP contribution in [0.15, 0.2) is 48.5 Å². The topological polar surface area (TPSA) is 76.2 Å². The highest BCUT2D eigenvalue weighted by molar-refractivity contribution is 6.35. The summed E-state index contributed by atoms with van der Waals surface area (Å²) in [4.78, 5) is 18.6. The quantitative estimate of drug-likeness (QED) is 0.441. The molecule has 0 saturated heterocycles. The number of H-pyrrole nitrogens is 1. The minimum Gasteiger partial charge on any atom is -0.455 e. The number of nitrogens with one attached hydrogen (secondary N) is 2. The molecule has 0 fully saturated rings. The van der Waals surface area contributed by atoms with Crippen molar-refractivity contribution in [3.8, 4) is 11.5 Å². The smallest absolute Gasteiger partial charge is 0.413 e. The number of amides is 1. The largest absolute Gasteiger partial charge is 0.455 e. The minimum atomic E-state index is -0.621. The molecule has 0 radical (unpaired) electrons. The van der Waals surface area contributed by atoms with E-state index in [-0.39, 0.29) is 5.95 Å². The van der Waals surface area contributed by atoms with Crippen LogP contribution >= 0.6 is 23.2 Å². The van der Waals surface area contributed by atoms with Gasteiger partial charge in [-0.05, 0) is 18.2 Å². The number of hydrogen-bond donors (Lipinski definition) is 2. The predicted octanol–water partition coefficient (Wildman–Crippen LogP) is 5.99. The molecule has 0 aliphatic carbocycles. The van der Waals surface area contributed by atoms with Gasteiger partial charge in [0.15, 0.2) is 0 Å². The van der Waals surface area contributed by atoms with Crippen LogP contribution < -0.4 is 10.1 Å². The van der Waals surface area contributed by atoms with Gasteiger partial charge >= 0.3 is 6.09 Å². The number of methoxy groups -OCH3 is 1. The summed E-state index contributed by atoms with van der Waals surface area (Å²) in [6.07, 6.45) is -0.621. The third-order valence-electron chi connectivity index (χ3n) is 3.99. The van der Waals surface area contributed by atoms with Crippen LogP contribution in [0.2, 0.25) is 10.0 Å². The van der Waals surface area contributed by atoms with Crippen LogP contribution in [0.1, 0.15) is 0 Å². The standard InChI is InChI=1S/C19H13Cl2N3O3/c1-26-19(25)24-18-22-14-8-13(21)17(9-15(14)23-18)27-16-7-6-12(20)10-4-2-3-5-11(10)16/h2-9H,1H3,(H2,22,23,24,25). The van der Waals surface area contributed by atoms with E-state index >= 15 is 0 Å². The first-order valence-corrected chi connectivity index (χ1v) is 8.70. The van der Waals surface area contributed by atoms with Gasteiger partial charge < -0.3 is 14.5 Å². The van der Waals surface area contributed by atoms with E-state index < -0.39 is 6.09 Å². The van der Waals surface area contributed by atoms with Crippen LogP contribution in [-0.4, -0.2) is 23.2 Å². The number of carbonyl (C=O) groups excluding carboxylic acids is 1. The van der Waals surface area contributed by atoms with E-state index in [1.807, 2.05) is 24.3 Å². The second-order valence-corrected chi connectivity index (χ2v) is 6.51. The van der Waals surface area contributed by atoms with E-state index in [9.17, 15) is 4.79 Å². The zero-order valence-electron chi connectivity index (χ0n) is 14.0. The Bertz CT molecular complexity index is 1170. The maximum atomic E-state index is 11.3. The van der Waals surface area contributed by atoms with Crippen molar-refractivity contribution in [2.24, 2.45) is 0 Å². The molecule has 0 spiro atoms. The van der Waals surface area contributed by atoms with Gasteiger partial charge in [0.2, 0.25) is 5.95 Å². The zero-order chi connectivity index (χ0) is 19.0. The van der Waals surface area contributed by atoms with Gasteiger partial charge in [0, 0.05) is 21.9 Å². The Labute approximate surface area is 164 Å². The van der Waals surface area contributed by atoms with Gasteiger partial charge in [-0.25, -0.2) is 9.78 Å². The molecule has 136 valence electrons. The summed E-state index contributed by atoms with van der Waals surface area (Å²) in [5, 5.41) is 5.27. The van der Waals surface area contributed by atoms with Crippen molar-refractivity contribution < 1.29 is 14.3 Å². The molecule has 8 heteroatoms. The lowest BCUT2D eigenvalue weighted by Crippen LogP contribution is -2.11. The van der Waals surface area contributed by atoms with Crippen molar-refractivity contribution in [1.82, 2.24) is 9.97 Å². The van der Waals surface area contributed by atoms with E-state index in [0.29, 0.717) is 32.6 Å². The first-order valence-electron chi connectivity index (χ1n) is 7.94. The fraction of sp³-hybridized carbons (Fsp3) is 0.0526. The van der Waals surface area contributed by atoms with Gasteiger partial charge in [-0.3, -0.25) is 5.32 Å². The van der Waals surface area contributed by atoms with Gasteiger partial charge in [-0.15, -0.1) is 0 Å². The summed E-state index contributed by atoms with van der Waals surface area (Å²) in [5.41, 5.74) is 1.23. The normalized spacial score (nSPS) is 10.9. The van der Waals surface area contributed by atoms with Crippen molar-refractivity contribution >= 4 is 57.0 Å². The molecular formula is C19H13Cl2N3O3. The average Bonchev–Trinajstić information content (AvgIpc) is 3.05. The van der Waals surface area contributed by atoms with Crippen LogP contribution in [-0.2, 0) is 4.74 Å². The van der Waals surface area contributed by atoms with Crippen molar-refractivity contribution in [3.63, 3.8) is 0 Å². The van der Waals surface area contributed by atoms with E-state index in [0.717, 1.165) is 10.8 Å². The second-order valence-electron chi connectivity index (χ2n) is 5.69. The highest BCUT2D eigenvalue weighted by Crippen LogP contribution is 2.38. The van der Waals surface area contributed by atoms with Gasteiger partial charge in [0.1, 0.15) is 11.5 Å². The molecule has 4 aromatic rings. The number of ether oxygens (including phenoxy) is 2. The molecule has 27 heavy (non-hydrogen) atoms. The fourth-order valence-corrected chi connectivity index (χ4v) is 3.17. The molecule has 0 saturated carbocycles. The Hall–Kier alpha value is -2.96. The molecule has 0 atom stereocenters. The molecular weight excluding hydrogens is 389 g/mol. The molecule has 0 aliphatic rings. The predicted molar refractivity (Wildman–Crippen MR) is 106 cm³/mol. The Morgan fingerprint density at radius 2 is 1.81 bits per heavy atom. The number of imidazole rings is 1. The Kier molecular flexibility index (Phi) is 4.51. The number of hydrogen-bond acceptors (Lipinski definition) is 4. The van der Waals surface area contributed by atoms with Gasteiger partial charge in [-0.2, -0.15) is 0 Å². The molecule has 0 aliphatic heterocycles. The first kappa shape index (κ1) is 17.5. The Balaban J connectivity index is 1.73. The molecule has 3 aromatic carbocycles. The second kappa shape index (κ2) is 6.98. The van der Waals surface area contributed by atoms with E-state index in [4.69, 9.17) is 27.9 Å². The van der Waals surface area contributed by atoms with Crippen molar-refractivity contribution in [2.45, 2.75) is 0 Å².